The molecule has 0 heterocycles. The van der Waals surface area contributed by atoms with E-state index < -0.39 is 28.5 Å². The molecule has 0 spiro atoms. The van der Waals surface area contributed by atoms with Crippen LogP contribution in [-0.4, -0.2) is 44.8 Å². The zero-order chi connectivity index (χ0) is 29.4. The number of para-hydroxylation sites is 1. The molecule has 0 aliphatic carbocycles. The molecule has 1 atom stereocenters. The van der Waals surface area contributed by atoms with E-state index >= 15 is 0 Å². The lowest BCUT2D eigenvalue weighted by molar-refractivity contribution is -0.139. The van der Waals surface area contributed by atoms with Gasteiger partial charge in [0.1, 0.15) is 12.6 Å². The summed E-state index contributed by atoms with van der Waals surface area (Å²) in [4.78, 5) is 29.1. The highest BCUT2D eigenvalue weighted by atomic mass is 35.5. The number of aryl methyl sites for hydroxylation is 1. The van der Waals surface area contributed by atoms with E-state index in [0.29, 0.717) is 0 Å². The second-order valence-corrected chi connectivity index (χ2v) is 11.8. The Morgan fingerprint density at radius 2 is 1.41 bits per heavy atom. The number of hydrogen-bond acceptors (Lipinski definition) is 4. The highest BCUT2D eigenvalue weighted by Gasteiger charge is 2.35. The van der Waals surface area contributed by atoms with Crippen molar-refractivity contribution in [1.29, 1.82) is 0 Å². The minimum Gasteiger partial charge on any atom is -0.357 e. The second kappa shape index (κ2) is 13.5. The van der Waals surface area contributed by atoms with Crippen LogP contribution in [0.2, 0.25) is 5.02 Å². The molecule has 0 fully saturated rings. The van der Waals surface area contributed by atoms with Gasteiger partial charge in [-0.15, -0.1) is 0 Å². The van der Waals surface area contributed by atoms with E-state index in [1.54, 1.807) is 42.5 Å². The molecule has 2 amide bonds. The molecule has 7 nitrogen and oxygen atoms in total. The van der Waals surface area contributed by atoms with Crippen molar-refractivity contribution in [2.75, 3.05) is 17.9 Å². The quantitative estimate of drug-likeness (QED) is 0.260. The molecule has 4 aromatic carbocycles. The zero-order valence-corrected chi connectivity index (χ0v) is 24.5. The molecule has 41 heavy (non-hydrogen) atoms. The van der Waals surface area contributed by atoms with Gasteiger partial charge in [0, 0.05) is 20.0 Å². The van der Waals surface area contributed by atoms with Crippen LogP contribution in [0.1, 0.15) is 16.7 Å². The van der Waals surface area contributed by atoms with Crippen LogP contribution in [-0.2, 0) is 32.6 Å². The number of likely N-dealkylation sites (N-methyl/N-ethyl adjacent to an activating group) is 1. The second-order valence-electron chi connectivity index (χ2n) is 9.54. The summed E-state index contributed by atoms with van der Waals surface area (Å²) in [6, 6.07) is 30.5. The van der Waals surface area contributed by atoms with E-state index in [0.717, 1.165) is 21.0 Å². The van der Waals surface area contributed by atoms with Crippen LogP contribution in [0.4, 0.5) is 5.69 Å². The Hall–Kier alpha value is -4.14. The van der Waals surface area contributed by atoms with Crippen LogP contribution < -0.4 is 9.62 Å². The average Bonchev–Trinajstić information content (AvgIpc) is 2.99. The number of sulfonamides is 1. The predicted octanol–water partition coefficient (Wildman–Crippen LogP) is 5.23. The van der Waals surface area contributed by atoms with Gasteiger partial charge in [0.05, 0.1) is 15.6 Å². The molecule has 4 rings (SSSR count). The van der Waals surface area contributed by atoms with Gasteiger partial charge in [0.15, 0.2) is 0 Å². The van der Waals surface area contributed by atoms with Crippen LogP contribution in [0, 0.1) is 6.92 Å². The fourth-order valence-corrected chi connectivity index (χ4v) is 6.32. The molecule has 9 heteroatoms. The van der Waals surface area contributed by atoms with Gasteiger partial charge in [-0.3, -0.25) is 13.9 Å². The molecule has 0 radical (unpaired) electrons. The highest BCUT2D eigenvalue weighted by Crippen LogP contribution is 2.31. The number of hydrogen-bond donors (Lipinski definition) is 1. The first kappa shape index (κ1) is 29.8. The van der Waals surface area contributed by atoms with Crippen molar-refractivity contribution >= 4 is 39.1 Å². The van der Waals surface area contributed by atoms with Crippen molar-refractivity contribution in [3.8, 4) is 0 Å². The largest absolute Gasteiger partial charge is 0.357 e. The third-order valence-corrected chi connectivity index (χ3v) is 8.94. The number of nitrogens with zero attached hydrogens (tertiary/aromatic N) is 2. The molecular weight excluding hydrogens is 558 g/mol. The van der Waals surface area contributed by atoms with Crippen LogP contribution in [0.15, 0.2) is 114 Å². The summed E-state index contributed by atoms with van der Waals surface area (Å²) in [7, 11) is -2.68. The number of carbonyl (C=O) groups excluding carboxylic acids is 2. The average molecular weight is 590 g/mol. The first-order valence-corrected chi connectivity index (χ1v) is 15.0. The lowest BCUT2D eigenvalue weighted by Gasteiger charge is -2.34. The Balaban J connectivity index is 1.80. The fourth-order valence-electron chi connectivity index (χ4n) is 4.58. The third-order valence-electron chi connectivity index (χ3n) is 6.85. The van der Waals surface area contributed by atoms with E-state index in [2.05, 4.69) is 5.32 Å². The molecular formula is C32H32ClN3O4S. The molecule has 0 aliphatic rings. The summed E-state index contributed by atoms with van der Waals surface area (Å²) in [5.74, 6) is -0.900. The van der Waals surface area contributed by atoms with Crippen molar-refractivity contribution in [1.82, 2.24) is 10.2 Å². The van der Waals surface area contributed by atoms with Gasteiger partial charge in [0.2, 0.25) is 11.8 Å². The van der Waals surface area contributed by atoms with Crippen molar-refractivity contribution < 1.29 is 18.0 Å². The fraction of sp³-hybridized carbons (Fsp3) is 0.188. The summed E-state index contributed by atoms with van der Waals surface area (Å²) in [5, 5.41) is 2.86. The molecule has 0 saturated heterocycles. The molecule has 0 aliphatic heterocycles. The Bertz CT molecular complexity index is 1600. The number of rotatable bonds is 11. The summed E-state index contributed by atoms with van der Waals surface area (Å²) in [5.41, 5.74) is 2.82. The minimum atomic E-state index is -4.20. The smallest absolute Gasteiger partial charge is 0.264 e. The Morgan fingerprint density at radius 3 is 2.05 bits per heavy atom. The normalized spacial score (nSPS) is 11.9. The zero-order valence-electron chi connectivity index (χ0n) is 22.9. The van der Waals surface area contributed by atoms with Gasteiger partial charge in [0.25, 0.3) is 10.0 Å². The van der Waals surface area contributed by atoms with E-state index in [1.165, 1.54) is 24.1 Å². The predicted molar refractivity (Wildman–Crippen MR) is 162 cm³/mol. The number of carbonyl (C=O) groups is 2. The van der Waals surface area contributed by atoms with Crippen molar-refractivity contribution in [2.45, 2.75) is 30.8 Å². The number of amides is 2. The van der Waals surface area contributed by atoms with E-state index in [9.17, 15) is 18.0 Å². The molecule has 0 unspecified atom stereocenters. The summed E-state index contributed by atoms with van der Waals surface area (Å²) in [6.45, 7) is 1.48. The van der Waals surface area contributed by atoms with Crippen LogP contribution in [0.3, 0.4) is 0 Å². The number of benzene rings is 4. The lowest BCUT2D eigenvalue weighted by atomic mass is 10.0. The van der Waals surface area contributed by atoms with Gasteiger partial charge in [-0.25, -0.2) is 8.42 Å². The maximum Gasteiger partial charge on any atom is 0.264 e. The molecule has 0 aromatic heterocycles. The van der Waals surface area contributed by atoms with Gasteiger partial charge < -0.3 is 10.2 Å². The number of halogens is 1. The Morgan fingerprint density at radius 1 is 0.829 bits per heavy atom. The SMILES string of the molecule is CNC(=O)[C@@H](Cc1ccccc1)N(Cc1ccccc1C)C(=O)CN(c1ccccc1Cl)S(=O)(=O)c1ccccc1. The lowest BCUT2D eigenvalue weighted by Crippen LogP contribution is -2.53. The topological polar surface area (TPSA) is 86.8 Å². The molecule has 1 N–H and O–H groups in total. The first-order valence-electron chi connectivity index (χ1n) is 13.1. The van der Waals surface area contributed by atoms with Crippen LogP contribution in [0.25, 0.3) is 0 Å². The summed E-state index contributed by atoms with van der Waals surface area (Å²) >= 11 is 6.47. The maximum absolute atomic E-state index is 14.3. The third kappa shape index (κ3) is 7.14. The van der Waals surface area contributed by atoms with Gasteiger partial charge in [-0.1, -0.05) is 96.5 Å². The van der Waals surface area contributed by atoms with E-state index in [-0.39, 0.29) is 34.5 Å². The van der Waals surface area contributed by atoms with Gasteiger partial charge >= 0.3 is 0 Å². The summed E-state index contributed by atoms with van der Waals surface area (Å²) in [6.07, 6.45) is 0.246. The highest BCUT2D eigenvalue weighted by molar-refractivity contribution is 7.92. The van der Waals surface area contributed by atoms with Crippen LogP contribution >= 0.6 is 11.6 Å². The Kier molecular flexibility index (Phi) is 9.81. The summed E-state index contributed by atoms with van der Waals surface area (Å²) < 4.78 is 28.9. The van der Waals surface area contributed by atoms with E-state index in [4.69, 9.17) is 11.6 Å². The van der Waals surface area contributed by atoms with E-state index in [1.807, 2.05) is 61.5 Å². The molecule has 0 bridgehead atoms. The first-order chi connectivity index (χ1) is 19.7. The number of nitrogens with one attached hydrogen (secondary N) is 1. The Labute approximate surface area is 246 Å². The van der Waals surface area contributed by atoms with Gasteiger partial charge in [-0.05, 0) is 47.9 Å². The molecule has 4 aromatic rings. The monoisotopic (exact) mass is 589 g/mol. The van der Waals surface area contributed by atoms with Crippen LogP contribution in [0.5, 0.6) is 0 Å². The molecule has 212 valence electrons. The standard InChI is InChI=1S/C32H32ClN3O4S/c1-24-13-9-10-16-26(24)22-35(30(32(38)34-2)21-25-14-5-3-6-15-25)31(37)23-36(29-20-12-11-19-28(29)33)41(39,40)27-17-7-4-8-18-27/h3-20,30H,21-23H2,1-2H3,(H,34,38)/t30-/m1/s1. The van der Waals surface area contributed by atoms with Crippen molar-refractivity contribution in [2.24, 2.45) is 0 Å². The number of anilines is 1. The van der Waals surface area contributed by atoms with Crippen molar-refractivity contribution in [3.63, 3.8) is 0 Å². The minimum absolute atomic E-state index is 0.0188. The van der Waals surface area contributed by atoms with Crippen molar-refractivity contribution in [3.05, 3.63) is 131 Å². The maximum atomic E-state index is 14.3. The molecule has 0 saturated carbocycles. The van der Waals surface area contributed by atoms with Gasteiger partial charge in [-0.2, -0.15) is 0 Å².